The summed E-state index contributed by atoms with van der Waals surface area (Å²) in [6.45, 7) is 2.08. The quantitative estimate of drug-likeness (QED) is 0.592. The number of anilines is 2. The van der Waals surface area contributed by atoms with Crippen molar-refractivity contribution >= 4 is 28.7 Å². The Kier molecular flexibility index (Phi) is 4.36. The van der Waals surface area contributed by atoms with Gasteiger partial charge in [-0.15, -0.1) is 0 Å². The first-order valence-electron chi connectivity index (χ1n) is 6.13. The summed E-state index contributed by atoms with van der Waals surface area (Å²) in [5, 5.41) is 6.98. The highest BCUT2D eigenvalue weighted by molar-refractivity contribution is 7.80. The van der Waals surface area contributed by atoms with E-state index in [-0.39, 0.29) is 6.04 Å². The Morgan fingerprint density at radius 2 is 1.68 bits per heavy atom. The van der Waals surface area contributed by atoms with Crippen LogP contribution in [-0.2, 0) is 0 Å². The molecule has 0 radical (unpaired) electrons. The lowest BCUT2D eigenvalue weighted by molar-refractivity contribution is 0.722. The lowest BCUT2D eigenvalue weighted by atomic mass is 10.1. The van der Waals surface area contributed by atoms with Crippen LogP contribution in [0.5, 0.6) is 0 Å². The molecule has 4 heteroatoms. The molecule has 1 unspecified atom stereocenters. The van der Waals surface area contributed by atoms with Crippen LogP contribution in [0.2, 0.25) is 0 Å². The highest BCUT2D eigenvalue weighted by atomic mass is 32.1. The van der Waals surface area contributed by atoms with Gasteiger partial charge < -0.3 is 16.4 Å². The number of nitrogens with one attached hydrogen (secondary N) is 2. The molecule has 0 aliphatic rings. The van der Waals surface area contributed by atoms with E-state index >= 15 is 0 Å². The van der Waals surface area contributed by atoms with Gasteiger partial charge in [0.1, 0.15) is 0 Å². The van der Waals surface area contributed by atoms with Gasteiger partial charge in [-0.2, -0.15) is 0 Å². The lowest BCUT2D eigenvalue weighted by Gasteiger charge is -2.17. The number of benzene rings is 2. The van der Waals surface area contributed by atoms with E-state index in [0.717, 1.165) is 11.4 Å². The molecule has 0 heterocycles. The Morgan fingerprint density at radius 3 is 2.32 bits per heavy atom. The van der Waals surface area contributed by atoms with Gasteiger partial charge in [0.25, 0.3) is 0 Å². The second kappa shape index (κ2) is 6.20. The summed E-state index contributed by atoms with van der Waals surface area (Å²) in [5.41, 5.74) is 8.50. The van der Waals surface area contributed by atoms with Crippen molar-refractivity contribution in [2.24, 2.45) is 0 Å². The molecule has 0 saturated heterocycles. The van der Waals surface area contributed by atoms with E-state index < -0.39 is 0 Å². The molecule has 0 aliphatic carbocycles. The molecule has 2 rings (SSSR count). The van der Waals surface area contributed by atoms with Crippen LogP contribution in [0.3, 0.4) is 0 Å². The number of rotatable bonds is 3. The number of hydrogen-bond acceptors (Lipinski definition) is 2. The monoisotopic (exact) mass is 271 g/mol. The first kappa shape index (κ1) is 13.4. The maximum atomic E-state index is 5.64. The van der Waals surface area contributed by atoms with Crippen molar-refractivity contribution in [3.63, 3.8) is 0 Å². The molecule has 0 aromatic heterocycles. The number of thiocarbonyl (C=S) groups is 1. The molecular formula is C15H17N3S. The second-order valence-corrected chi connectivity index (χ2v) is 4.76. The van der Waals surface area contributed by atoms with E-state index in [2.05, 4.69) is 29.7 Å². The van der Waals surface area contributed by atoms with Crippen molar-refractivity contribution in [2.45, 2.75) is 13.0 Å². The van der Waals surface area contributed by atoms with Gasteiger partial charge in [-0.3, -0.25) is 0 Å². The topological polar surface area (TPSA) is 50.1 Å². The fraction of sp³-hybridized carbons (Fsp3) is 0.133. The van der Waals surface area contributed by atoms with Crippen molar-refractivity contribution in [2.75, 3.05) is 11.1 Å². The van der Waals surface area contributed by atoms with Crippen molar-refractivity contribution in [3.8, 4) is 0 Å². The van der Waals surface area contributed by atoms with Gasteiger partial charge in [-0.25, -0.2) is 0 Å². The molecule has 2 aromatic carbocycles. The van der Waals surface area contributed by atoms with Gasteiger partial charge >= 0.3 is 0 Å². The van der Waals surface area contributed by atoms with E-state index in [1.54, 1.807) is 0 Å². The van der Waals surface area contributed by atoms with Gasteiger partial charge in [0, 0.05) is 11.4 Å². The molecule has 3 nitrogen and oxygen atoms in total. The summed E-state index contributed by atoms with van der Waals surface area (Å²) < 4.78 is 0. The summed E-state index contributed by atoms with van der Waals surface area (Å²) in [5.74, 6) is 0. The number of nitrogens with two attached hydrogens (primary N) is 1. The van der Waals surface area contributed by atoms with Crippen molar-refractivity contribution in [1.82, 2.24) is 5.32 Å². The fourth-order valence-corrected chi connectivity index (χ4v) is 2.05. The first-order chi connectivity index (χ1) is 9.15. The van der Waals surface area contributed by atoms with Crippen LogP contribution in [0.1, 0.15) is 18.5 Å². The molecule has 0 fully saturated rings. The zero-order valence-corrected chi connectivity index (χ0v) is 11.6. The van der Waals surface area contributed by atoms with E-state index in [9.17, 15) is 0 Å². The highest BCUT2D eigenvalue weighted by Crippen LogP contribution is 2.13. The maximum Gasteiger partial charge on any atom is 0.171 e. The average Bonchev–Trinajstić information content (AvgIpc) is 2.42. The van der Waals surface area contributed by atoms with Gasteiger partial charge in [0.2, 0.25) is 0 Å². The minimum Gasteiger partial charge on any atom is -0.399 e. The Labute approximate surface area is 118 Å². The van der Waals surface area contributed by atoms with E-state index in [1.165, 1.54) is 5.56 Å². The minimum atomic E-state index is 0.162. The Hall–Kier alpha value is -2.07. The molecular weight excluding hydrogens is 254 g/mol. The normalized spacial score (nSPS) is 11.6. The highest BCUT2D eigenvalue weighted by Gasteiger charge is 2.06. The van der Waals surface area contributed by atoms with Gasteiger partial charge in [0.05, 0.1) is 6.04 Å². The molecule has 0 bridgehead atoms. The SMILES string of the molecule is CC(NC(=S)Nc1ccc(N)cc1)c1ccccc1. The van der Waals surface area contributed by atoms with Crippen LogP contribution in [0.25, 0.3) is 0 Å². The average molecular weight is 271 g/mol. The zero-order valence-electron chi connectivity index (χ0n) is 10.8. The molecule has 0 saturated carbocycles. The van der Waals surface area contributed by atoms with Gasteiger partial charge in [-0.1, -0.05) is 30.3 Å². The zero-order chi connectivity index (χ0) is 13.7. The Balaban J connectivity index is 1.93. The summed E-state index contributed by atoms with van der Waals surface area (Å²) in [4.78, 5) is 0. The third-order valence-corrected chi connectivity index (χ3v) is 3.04. The summed E-state index contributed by atoms with van der Waals surface area (Å²) in [6.07, 6.45) is 0. The largest absolute Gasteiger partial charge is 0.399 e. The van der Waals surface area contributed by atoms with Crippen LogP contribution >= 0.6 is 12.2 Å². The molecule has 2 aromatic rings. The van der Waals surface area contributed by atoms with Crippen LogP contribution in [0.15, 0.2) is 54.6 Å². The van der Waals surface area contributed by atoms with Crippen LogP contribution in [0, 0.1) is 0 Å². The summed E-state index contributed by atoms with van der Waals surface area (Å²) in [6, 6.07) is 17.8. The smallest absolute Gasteiger partial charge is 0.171 e. The third-order valence-electron chi connectivity index (χ3n) is 2.82. The number of hydrogen-bond donors (Lipinski definition) is 3. The molecule has 4 N–H and O–H groups in total. The Morgan fingerprint density at radius 1 is 1.05 bits per heavy atom. The van der Waals surface area contributed by atoms with Gasteiger partial charge in [0.15, 0.2) is 5.11 Å². The Bertz CT molecular complexity index is 537. The predicted molar refractivity (Wildman–Crippen MR) is 85.1 cm³/mol. The van der Waals surface area contributed by atoms with Crippen LogP contribution in [0.4, 0.5) is 11.4 Å². The molecule has 0 amide bonds. The first-order valence-corrected chi connectivity index (χ1v) is 6.54. The fourth-order valence-electron chi connectivity index (χ4n) is 1.76. The maximum absolute atomic E-state index is 5.64. The molecule has 0 spiro atoms. The van der Waals surface area contributed by atoms with Crippen LogP contribution in [-0.4, -0.2) is 5.11 Å². The minimum absolute atomic E-state index is 0.162. The molecule has 1 atom stereocenters. The van der Waals surface area contributed by atoms with E-state index in [0.29, 0.717) is 5.11 Å². The van der Waals surface area contributed by atoms with Crippen molar-refractivity contribution < 1.29 is 0 Å². The third kappa shape index (κ3) is 3.96. The van der Waals surface area contributed by atoms with E-state index in [4.69, 9.17) is 18.0 Å². The lowest BCUT2D eigenvalue weighted by Crippen LogP contribution is -2.30. The molecule has 19 heavy (non-hydrogen) atoms. The molecule has 98 valence electrons. The van der Waals surface area contributed by atoms with Gasteiger partial charge in [-0.05, 0) is 49.0 Å². The standard InChI is InChI=1S/C15H17N3S/c1-11(12-5-3-2-4-6-12)17-15(19)18-14-9-7-13(16)8-10-14/h2-11H,16H2,1H3,(H2,17,18,19). The second-order valence-electron chi connectivity index (χ2n) is 4.35. The molecule has 0 aliphatic heterocycles. The van der Waals surface area contributed by atoms with E-state index in [1.807, 2.05) is 42.5 Å². The number of nitrogen functional groups attached to an aromatic ring is 1. The predicted octanol–water partition coefficient (Wildman–Crippen LogP) is 3.32. The van der Waals surface area contributed by atoms with Crippen molar-refractivity contribution in [3.05, 3.63) is 60.2 Å². The van der Waals surface area contributed by atoms with Crippen molar-refractivity contribution in [1.29, 1.82) is 0 Å². The summed E-state index contributed by atoms with van der Waals surface area (Å²) in [7, 11) is 0. The summed E-state index contributed by atoms with van der Waals surface area (Å²) >= 11 is 5.29. The van der Waals surface area contributed by atoms with Crippen LogP contribution < -0.4 is 16.4 Å².